The first-order chi connectivity index (χ1) is 4.20. The molecular formula is C5H9Cl3O. The van der Waals surface area contributed by atoms with Gasteiger partial charge in [0, 0.05) is 11.3 Å². The Hall–Kier alpha value is 0.830. The molecule has 0 aliphatic carbocycles. The Morgan fingerprint density at radius 2 is 1.78 bits per heavy atom. The number of rotatable bonds is 4. The highest BCUT2D eigenvalue weighted by molar-refractivity contribution is 6.28. The maximum atomic E-state index is 8.45. The lowest BCUT2D eigenvalue weighted by Crippen LogP contribution is -2.12. The van der Waals surface area contributed by atoms with Crippen LogP contribution in [0.25, 0.3) is 0 Å². The van der Waals surface area contributed by atoms with E-state index in [1.165, 1.54) is 0 Å². The summed E-state index contributed by atoms with van der Waals surface area (Å²) in [7, 11) is 0. The first-order valence-electron chi connectivity index (χ1n) is 2.65. The highest BCUT2D eigenvalue weighted by Crippen LogP contribution is 2.11. The van der Waals surface area contributed by atoms with Gasteiger partial charge in [-0.2, -0.15) is 0 Å². The maximum absolute atomic E-state index is 8.45. The Balaban J connectivity index is 3.22. The van der Waals surface area contributed by atoms with Gasteiger partial charge in [0.05, 0.1) is 12.0 Å². The second kappa shape index (κ2) is 5.60. The molecule has 0 heterocycles. The van der Waals surface area contributed by atoms with Gasteiger partial charge in [0.15, 0.2) is 0 Å². The third kappa shape index (κ3) is 5.28. The lowest BCUT2D eigenvalue weighted by molar-refractivity contribution is 0.288. The summed E-state index contributed by atoms with van der Waals surface area (Å²) in [5, 5.41) is 8.06. The van der Waals surface area contributed by atoms with E-state index < -0.39 is 0 Å². The molecule has 9 heavy (non-hydrogen) atoms. The molecule has 0 rings (SSSR count). The molecule has 1 nitrogen and oxygen atoms in total. The van der Waals surface area contributed by atoms with Crippen molar-refractivity contribution in [1.29, 1.82) is 0 Å². The van der Waals surface area contributed by atoms with E-state index >= 15 is 0 Å². The van der Waals surface area contributed by atoms with Crippen LogP contribution in [0.3, 0.4) is 0 Å². The van der Waals surface area contributed by atoms with Gasteiger partial charge in [0.25, 0.3) is 0 Å². The van der Waals surface area contributed by atoms with Crippen molar-refractivity contribution < 1.29 is 5.11 Å². The van der Waals surface area contributed by atoms with Crippen molar-refractivity contribution in [3.05, 3.63) is 0 Å². The zero-order valence-corrected chi connectivity index (χ0v) is 7.12. The molecule has 0 aliphatic heterocycles. The van der Waals surface area contributed by atoms with E-state index in [2.05, 4.69) is 0 Å². The summed E-state index contributed by atoms with van der Waals surface area (Å²) in [5.74, 6) is 0.380. The average molecular weight is 191 g/mol. The molecule has 0 saturated heterocycles. The monoisotopic (exact) mass is 190 g/mol. The van der Waals surface area contributed by atoms with Crippen LogP contribution in [0.4, 0.5) is 0 Å². The Bertz CT molecular complexity index is 61.2. The largest absolute Gasteiger partial charge is 0.395 e. The molecule has 0 amide bonds. The molecule has 56 valence electrons. The van der Waals surface area contributed by atoms with E-state index in [-0.39, 0.29) is 17.4 Å². The zero-order chi connectivity index (χ0) is 7.28. The van der Waals surface area contributed by atoms with E-state index in [4.69, 9.17) is 39.9 Å². The molecule has 2 atom stereocenters. The molecule has 4 heteroatoms. The summed E-state index contributed by atoms with van der Waals surface area (Å²) in [4.78, 5) is 0. The summed E-state index contributed by atoms with van der Waals surface area (Å²) in [6, 6.07) is 0. The van der Waals surface area contributed by atoms with Gasteiger partial charge < -0.3 is 5.11 Å². The van der Waals surface area contributed by atoms with E-state index in [0.29, 0.717) is 12.3 Å². The van der Waals surface area contributed by atoms with Gasteiger partial charge in [-0.25, -0.2) is 0 Å². The van der Waals surface area contributed by atoms with Crippen LogP contribution in [0.5, 0.6) is 0 Å². The number of hydrogen-bond acceptors (Lipinski definition) is 1. The van der Waals surface area contributed by atoms with Crippen molar-refractivity contribution in [2.75, 3.05) is 12.5 Å². The van der Waals surface area contributed by atoms with Gasteiger partial charge in [-0.1, -0.05) is 0 Å². The molecule has 0 fully saturated rings. The number of alkyl halides is 3. The van der Waals surface area contributed by atoms with Gasteiger partial charge in [-0.3, -0.25) is 0 Å². The molecule has 1 N–H and O–H groups in total. The van der Waals surface area contributed by atoms with Crippen molar-refractivity contribution in [1.82, 2.24) is 0 Å². The normalized spacial score (nSPS) is 17.3. The molecule has 0 aromatic carbocycles. The zero-order valence-electron chi connectivity index (χ0n) is 4.86. The van der Waals surface area contributed by atoms with E-state index in [1.807, 2.05) is 0 Å². The summed E-state index contributed by atoms with van der Waals surface area (Å²) in [6.07, 6.45) is 0.559. The quantitative estimate of drug-likeness (QED) is 0.672. The summed E-state index contributed by atoms with van der Waals surface area (Å²) in [6.45, 7) is -0.0400. The molecule has 0 aliphatic rings. The van der Waals surface area contributed by atoms with Gasteiger partial charge in [0.2, 0.25) is 0 Å². The average Bonchev–Trinajstić information content (AvgIpc) is 1.87. The third-order valence-corrected chi connectivity index (χ3v) is 2.06. The fraction of sp³-hybridized carbons (Fsp3) is 1.00. The van der Waals surface area contributed by atoms with Crippen LogP contribution in [-0.4, -0.2) is 28.3 Å². The topological polar surface area (TPSA) is 20.2 Å². The molecule has 0 aromatic heterocycles. The van der Waals surface area contributed by atoms with Crippen molar-refractivity contribution >= 4 is 34.8 Å². The first kappa shape index (κ1) is 9.83. The minimum absolute atomic E-state index is 0.0400. The SMILES string of the molecule is OCC(Cl)CC(Cl)CCl. The van der Waals surface area contributed by atoms with Crippen molar-refractivity contribution in [3.63, 3.8) is 0 Å². The van der Waals surface area contributed by atoms with Crippen LogP contribution < -0.4 is 0 Å². The van der Waals surface area contributed by atoms with E-state index in [1.54, 1.807) is 0 Å². The molecule has 0 spiro atoms. The van der Waals surface area contributed by atoms with Gasteiger partial charge >= 0.3 is 0 Å². The van der Waals surface area contributed by atoms with Crippen LogP contribution in [0.2, 0.25) is 0 Å². The maximum Gasteiger partial charge on any atom is 0.0595 e. The van der Waals surface area contributed by atoms with Gasteiger partial charge in [-0.05, 0) is 6.42 Å². The van der Waals surface area contributed by atoms with Crippen LogP contribution in [0, 0.1) is 0 Å². The first-order valence-corrected chi connectivity index (χ1v) is 4.06. The third-order valence-electron chi connectivity index (χ3n) is 0.877. The molecule has 0 radical (unpaired) electrons. The lowest BCUT2D eigenvalue weighted by atomic mass is 10.2. The number of aliphatic hydroxyl groups is 1. The Morgan fingerprint density at radius 1 is 1.22 bits per heavy atom. The van der Waals surface area contributed by atoms with Crippen LogP contribution in [0.15, 0.2) is 0 Å². The molecular weight excluding hydrogens is 182 g/mol. The van der Waals surface area contributed by atoms with Crippen LogP contribution in [0.1, 0.15) is 6.42 Å². The number of aliphatic hydroxyl groups excluding tert-OH is 1. The Kier molecular flexibility index (Phi) is 6.12. The lowest BCUT2D eigenvalue weighted by Gasteiger charge is -2.07. The second-order valence-electron chi connectivity index (χ2n) is 1.77. The molecule has 2 unspecified atom stereocenters. The Labute approximate surface area is 69.9 Å². The fourth-order valence-corrected chi connectivity index (χ4v) is 1.06. The summed E-state index contributed by atoms with van der Waals surface area (Å²) in [5.41, 5.74) is 0. The van der Waals surface area contributed by atoms with E-state index in [9.17, 15) is 0 Å². The smallest absolute Gasteiger partial charge is 0.0595 e. The van der Waals surface area contributed by atoms with Crippen LogP contribution in [-0.2, 0) is 0 Å². The predicted molar refractivity (Wildman–Crippen MR) is 41.7 cm³/mol. The number of hydrogen-bond donors (Lipinski definition) is 1. The minimum Gasteiger partial charge on any atom is -0.395 e. The van der Waals surface area contributed by atoms with Gasteiger partial charge in [-0.15, -0.1) is 34.8 Å². The van der Waals surface area contributed by atoms with E-state index in [0.717, 1.165) is 0 Å². The predicted octanol–water partition coefficient (Wildman–Crippen LogP) is 1.82. The molecule has 0 saturated carbocycles. The van der Waals surface area contributed by atoms with Crippen molar-refractivity contribution in [3.8, 4) is 0 Å². The molecule has 0 aromatic rings. The van der Waals surface area contributed by atoms with Crippen molar-refractivity contribution in [2.45, 2.75) is 17.2 Å². The Morgan fingerprint density at radius 3 is 2.11 bits per heavy atom. The highest BCUT2D eigenvalue weighted by atomic mass is 35.5. The summed E-state index contributed by atoms with van der Waals surface area (Å²) >= 11 is 16.5. The molecule has 0 bridgehead atoms. The second-order valence-corrected chi connectivity index (χ2v) is 3.31. The summed E-state index contributed by atoms with van der Waals surface area (Å²) < 4.78 is 0. The number of halogens is 3. The van der Waals surface area contributed by atoms with Gasteiger partial charge in [0.1, 0.15) is 0 Å². The highest BCUT2D eigenvalue weighted by Gasteiger charge is 2.09. The standard InChI is InChI=1S/C5H9Cl3O/c6-2-4(7)1-5(8)3-9/h4-5,9H,1-3H2. The fourth-order valence-electron chi connectivity index (χ4n) is 0.415. The van der Waals surface area contributed by atoms with Crippen LogP contribution >= 0.6 is 34.8 Å². The minimum atomic E-state index is -0.258. The van der Waals surface area contributed by atoms with Crippen molar-refractivity contribution in [2.24, 2.45) is 0 Å².